The number of nitrogens with one attached hydrogen (secondary N) is 1. The topological polar surface area (TPSA) is 66.4 Å². The molecule has 0 heterocycles. The Morgan fingerprint density at radius 2 is 1.81 bits per heavy atom. The SMILES string of the molecule is O=C(O)[C@@H]1CCC[C@H]1C(=O)N[C@@H]1CCCc2ccccc21. The average molecular weight is 287 g/mol. The third kappa shape index (κ3) is 2.80. The van der Waals surface area contributed by atoms with Crippen LogP contribution >= 0.6 is 0 Å². The maximum absolute atomic E-state index is 12.5. The Morgan fingerprint density at radius 3 is 2.62 bits per heavy atom. The van der Waals surface area contributed by atoms with E-state index < -0.39 is 11.9 Å². The smallest absolute Gasteiger partial charge is 0.307 e. The molecule has 1 fully saturated rings. The Balaban J connectivity index is 1.73. The minimum Gasteiger partial charge on any atom is -0.481 e. The van der Waals surface area contributed by atoms with E-state index in [9.17, 15) is 14.7 Å². The molecule has 2 aliphatic rings. The quantitative estimate of drug-likeness (QED) is 0.898. The highest BCUT2D eigenvalue weighted by Crippen LogP contribution is 2.34. The fraction of sp³-hybridized carbons (Fsp3) is 0.529. The molecular weight excluding hydrogens is 266 g/mol. The van der Waals surface area contributed by atoms with Crippen LogP contribution in [0.1, 0.15) is 49.3 Å². The van der Waals surface area contributed by atoms with Crippen molar-refractivity contribution in [3.05, 3.63) is 35.4 Å². The van der Waals surface area contributed by atoms with E-state index in [0.717, 1.165) is 25.7 Å². The van der Waals surface area contributed by atoms with Gasteiger partial charge in [0.25, 0.3) is 0 Å². The van der Waals surface area contributed by atoms with Crippen molar-refractivity contribution in [3.63, 3.8) is 0 Å². The highest BCUT2D eigenvalue weighted by atomic mass is 16.4. The lowest BCUT2D eigenvalue weighted by Gasteiger charge is -2.28. The number of hydrogen-bond donors (Lipinski definition) is 2. The van der Waals surface area contributed by atoms with Gasteiger partial charge in [0.1, 0.15) is 0 Å². The van der Waals surface area contributed by atoms with E-state index in [0.29, 0.717) is 12.8 Å². The summed E-state index contributed by atoms with van der Waals surface area (Å²) in [6, 6.07) is 8.25. The summed E-state index contributed by atoms with van der Waals surface area (Å²) in [7, 11) is 0. The molecule has 1 saturated carbocycles. The first-order chi connectivity index (χ1) is 10.2. The normalized spacial score (nSPS) is 27.9. The standard InChI is InChI=1S/C17H21NO3/c19-16(13-8-4-9-14(13)17(20)21)18-15-10-3-6-11-5-1-2-7-12(11)15/h1-2,5,7,13-15H,3-4,6,8-10H2,(H,18,19)(H,20,21)/t13-,14-,15-/m1/s1. The van der Waals surface area contributed by atoms with Crippen molar-refractivity contribution >= 4 is 11.9 Å². The fourth-order valence-electron chi connectivity index (χ4n) is 3.75. The van der Waals surface area contributed by atoms with Gasteiger partial charge in [-0.1, -0.05) is 30.7 Å². The molecule has 3 rings (SSSR count). The number of hydrogen-bond acceptors (Lipinski definition) is 2. The number of rotatable bonds is 3. The largest absolute Gasteiger partial charge is 0.481 e. The third-order valence-electron chi connectivity index (χ3n) is 4.86. The number of carbonyl (C=O) groups is 2. The van der Waals surface area contributed by atoms with Crippen LogP contribution in [0.15, 0.2) is 24.3 Å². The predicted octanol–water partition coefficient (Wildman–Crippen LogP) is 2.68. The minimum atomic E-state index is -0.836. The first-order valence-corrected chi connectivity index (χ1v) is 7.78. The molecule has 2 N–H and O–H groups in total. The Labute approximate surface area is 124 Å². The summed E-state index contributed by atoms with van der Waals surface area (Å²) in [5, 5.41) is 12.3. The van der Waals surface area contributed by atoms with Gasteiger partial charge in [0.2, 0.25) is 5.91 Å². The summed E-state index contributed by atoms with van der Waals surface area (Å²) in [6.45, 7) is 0. The van der Waals surface area contributed by atoms with Crippen molar-refractivity contribution in [3.8, 4) is 0 Å². The van der Waals surface area contributed by atoms with Crippen LogP contribution < -0.4 is 5.32 Å². The predicted molar refractivity (Wildman–Crippen MR) is 78.7 cm³/mol. The van der Waals surface area contributed by atoms with Gasteiger partial charge in [-0.15, -0.1) is 0 Å². The molecule has 21 heavy (non-hydrogen) atoms. The molecule has 1 amide bonds. The summed E-state index contributed by atoms with van der Waals surface area (Å²) in [5.74, 6) is -1.79. The summed E-state index contributed by atoms with van der Waals surface area (Å²) < 4.78 is 0. The molecule has 3 atom stereocenters. The molecule has 1 aromatic carbocycles. The molecule has 0 spiro atoms. The highest BCUT2D eigenvalue weighted by Gasteiger charge is 2.38. The molecular formula is C17H21NO3. The highest BCUT2D eigenvalue weighted by molar-refractivity contribution is 5.85. The summed E-state index contributed by atoms with van der Waals surface area (Å²) in [5.41, 5.74) is 2.50. The molecule has 4 heteroatoms. The van der Waals surface area contributed by atoms with Gasteiger partial charge in [0.15, 0.2) is 0 Å². The third-order valence-corrected chi connectivity index (χ3v) is 4.86. The van der Waals surface area contributed by atoms with Crippen molar-refractivity contribution in [1.29, 1.82) is 0 Å². The van der Waals surface area contributed by atoms with Gasteiger partial charge >= 0.3 is 5.97 Å². The summed E-state index contributed by atoms with van der Waals surface area (Å²) >= 11 is 0. The maximum Gasteiger partial charge on any atom is 0.307 e. The van der Waals surface area contributed by atoms with E-state index in [1.54, 1.807) is 0 Å². The molecule has 0 radical (unpaired) electrons. The van der Waals surface area contributed by atoms with Gasteiger partial charge in [-0.25, -0.2) is 0 Å². The Kier molecular flexibility index (Phi) is 3.95. The van der Waals surface area contributed by atoms with E-state index in [-0.39, 0.29) is 17.9 Å². The second-order valence-electron chi connectivity index (χ2n) is 6.13. The minimum absolute atomic E-state index is 0.0393. The van der Waals surface area contributed by atoms with Crippen LogP contribution in [-0.2, 0) is 16.0 Å². The van der Waals surface area contributed by atoms with Crippen LogP contribution in [0, 0.1) is 11.8 Å². The van der Waals surface area contributed by atoms with Crippen LogP contribution in [0.3, 0.4) is 0 Å². The number of carboxylic acids is 1. The molecule has 1 aromatic rings. The first-order valence-electron chi connectivity index (χ1n) is 7.78. The zero-order valence-electron chi connectivity index (χ0n) is 12.0. The van der Waals surface area contributed by atoms with Crippen molar-refractivity contribution < 1.29 is 14.7 Å². The Hall–Kier alpha value is -1.84. The van der Waals surface area contributed by atoms with E-state index in [4.69, 9.17) is 0 Å². The van der Waals surface area contributed by atoms with Gasteiger partial charge in [0.05, 0.1) is 17.9 Å². The molecule has 2 aliphatic carbocycles. The lowest BCUT2D eigenvalue weighted by molar-refractivity contribution is -0.146. The lowest BCUT2D eigenvalue weighted by atomic mass is 9.87. The van der Waals surface area contributed by atoms with Crippen LogP contribution in [0.5, 0.6) is 0 Å². The van der Waals surface area contributed by atoms with E-state index >= 15 is 0 Å². The first kappa shape index (κ1) is 14.1. The molecule has 0 unspecified atom stereocenters. The van der Waals surface area contributed by atoms with Gasteiger partial charge in [-0.2, -0.15) is 0 Å². The molecule has 4 nitrogen and oxygen atoms in total. The molecule has 0 saturated heterocycles. The van der Waals surface area contributed by atoms with Crippen LogP contribution in [0.2, 0.25) is 0 Å². The Bertz CT molecular complexity index is 555. The van der Waals surface area contributed by atoms with E-state index in [1.807, 2.05) is 12.1 Å². The summed E-state index contributed by atoms with van der Waals surface area (Å²) in [6.07, 6.45) is 5.20. The van der Waals surface area contributed by atoms with Gasteiger partial charge < -0.3 is 10.4 Å². The van der Waals surface area contributed by atoms with Gasteiger partial charge in [-0.05, 0) is 43.2 Å². The van der Waals surface area contributed by atoms with Crippen molar-refractivity contribution in [2.75, 3.05) is 0 Å². The lowest BCUT2D eigenvalue weighted by Crippen LogP contribution is -2.38. The van der Waals surface area contributed by atoms with E-state index in [2.05, 4.69) is 17.4 Å². The molecule has 0 aromatic heterocycles. The zero-order valence-corrected chi connectivity index (χ0v) is 12.0. The zero-order chi connectivity index (χ0) is 14.8. The second kappa shape index (κ2) is 5.88. The Morgan fingerprint density at radius 1 is 1.05 bits per heavy atom. The number of aryl methyl sites for hydroxylation is 1. The second-order valence-corrected chi connectivity index (χ2v) is 6.13. The number of aliphatic carboxylic acids is 1. The number of benzene rings is 1. The number of fused-ring (bicyclic) bond motifs is 1. The number of amides is 1. The fourth-order valence-corrected chi connectivity index (χ4v) is 3.75. The average Bonchev–Trinajstić information content (AvgIpc) is 2.97. The molecule has 0 aliphatic heterocycles. The van der Waals surface area contributed by atoms with Crippen LogP contribution in [-0.4, -0.2) is 17.0 Å². The number of carbonyl (C=O) groups excluding carboxylic acids is 1. The van der Waals surface area contributed by atoms with Gasteiger partial charge in [0, 0.05) is 0 Å². The molecule has 0 bridgehead atoms. The monoisotopic (exact) mass is 287 g/mol. The van der Waals surface area contributed by atoms with Crippen molar-refractivity contribution in [2.24, 2.45) is 11.8 Å². The number of carboxylic acid groups (broad SMARTS) is 1. The van der Waals surface area contributed by atoms with Crippen molar-refractivity contribution in [1.82, 2.24) is 5.32 Å². The van der Waals surface area contributed by atoms with Crippen LogP contribution in [0.4, 0.5) is 0 Å². The van der Waals surface area contributed by atoms with E-state index in [1.165, 1.54) is 11.1 Å². The van der Waals surface area contributed by atoms with Crippen molar-refractivity contribution in [2.45, 2.75) is 44.6 Å². The maximum atomic E-state index is 12.5. The van der Waals surface area contributed by atoms with Crippen LogP contribution in [0.25, 0.3) is 0 Å². The van der Waals surface area contributed by atoms with Gasteiger partial charge in [-0.3, -0.25) is 9.59 Å². The summed E-state index contributed by atoms with van der Waals surface area (Å²) in [4.78, 5) is 23.7. The molecule has 112 valence electrons.